The van der Waals surface area contributed by atoms with Gasteiger partial charge in [-0.2, -0.15) is 0 Å². The zero-order valence-electron chi connectivity index (χ0n) is 11.5. The molecule has 1 N–H and O–H groups in total. The van der Waals surface area contributed by atoms with Crippen LogP contribution in [0.4, 0.5) is 0 Å². The van der Waals surface area contributed by atoms with E-state index in [0.29, 0.717) is 11.6 Å². The van der Waals surface area contributed by atoms with E-state index < -0.39 is 5.97 Å². The van der Waals surface area contributed by atoms with Gasteiger partial charge in [0.2, 0.25) is 0 Å². The lowest BCUT2D eigenvalue weighted by molar-refractivity contribution is -0.138. The van der Waals surface area contributed by atoms with Gasteiger partial charge in [-0.05, 0) is 31.7 Å². The Morgan fingerprint density at radius 2 is 2.21 bits per heavy atom. The maximum atomic E-state index is 10.8. The fraction of sp³-hybridized carbons (Fsp3) is 0.500. The second kappa shape index (κ2) is 7.36. The molecule has 5 heteroatoms. The molecule has 1 unspecified atom stereocenters. The molecular weight excluding hydrogens is 266 g/mol. The van der Waals surface area contributed by atoms with E-state index in [1.54, 1.807) is 13.2 Å². The molecule has 4 nitrogen and oxygen atoms in total. The molecule has 1 aromatic carbocycles. The van der Waals surface area contributed by atoms with E-state index in [-0.39, 0.29) is 12.5 Å². The van der Waals surface area contributed by atoms with Gasteiger partial charge in [0.25, 0.3) is 0 Å². The average molecular weight is 286 g/mol. The van der Waals surface area contributed by atoms with Crippen LogP contribution >= 0.6 is 11.6 Å². The molecule has 0 bridgehead atoms. The number of carboxylic acid groups (broad SMARTS) is 1. The lowest BCUT2D eigenvalue weighted by Crippen LogP contribution is -2.34. The van der Waals surface area contributed by atoms with E-state index in [4.69, 9.17) is 21.4 Å². The van der Waals surface area contributed by atoms with Crippen LogP contribution in [0.25, 0.3) is 0 Å². The Balaban J connectivity index is 2.85. The summed E-state index contributed by atoms with van der Waals surface area (Å²) >= 11 is 6.00. The number of ether oxygens (including phenoxy) is 1. The van der Waals surface area contributed by atoms with Crippen molar-refractivity contribution in [1.82, 2.24) is 4.90 Å². The molecule has 0 aliphatic carbocycles. The number of carboxylic acids is 1. The highest BCUT2D eigenvalue weighted by molar-refractivity contribution is 6.30. The predicted molar refractivity (Wildman–Crippen MR) is 75.8 cm³/mol. The van der Waals surface area contributed by atoms with Crippen LogP contribution in [0, 0.1) is 0 Å². The standard InChI is InChI=1S/C14H20ClNO3/c1-4-16(10(2)7-14(17)18)9-11-8-12(15)5-6-13(11)19-3/h5-6,8,10H,4,7,9H2,1-3H3,(H,17,18). The summed E-state index contributed by atoms with van der Waals surface area (Å²) < 4.78 is 5.30. The predicted octanol–water partition coefficient (Wildman–Crippen LogP) is 3.03. The Morgan fingerprint density at radius 1 is 1.53 bits per heavy atom. The summed E-state index contributed by atoms with van der Waals surface area (Å²) in [6, 6.07) is 5.43. The topological polar surface area (TPSA) is 49.8 Å². The van der Waals surface area contributed by atoms with E-state index >= 15 is 0 Å². The van der Waals surface area contributed by atoms with Crippen LogP contribution in [-0.2, 0) is 11.3 Å². The lowest BCUT2D eigenvalue weighted by atomic mass is 10.1. The third-order valence-electron chi connectivity index (χ3n) is 3.12. The minimum absolute atomic E-state index is 0.0359. The summed E-state index contributed by atoms with van der Waals surface area (Å²) in [5, 5.41) is 9.52. The Hall–Kier alpha value is -1.26. The molecule has 0 saturated carbocycles. The van der Waals surface area contributed by atoms with Gasteiger partial charge in [-0.25, -0.2) is 0 Å². The third-order valence-corrected chi connectivity index (χ3v) is 3.35. The Morgan fingerprint density at radius 3 is 2.74 bits per heavy atom. The number of hydrogen-bond acceptors (Lipinski definition) is 3. The number of halogens is 1. The molecule has 0 heterocycles. The number of aliphatic carboxylic acids is 1. The van der Waals surface area contributed by atoms with Crippen molar-refractivity contribution in [2.24, 2.45) is 0 Å². The fourth-order valence-corrected chi connectivity index (χ4v) is 2.25. The van der Waals surface area contributed by atoms with Crippen LogP contribution in [0.1, 0.15) is 25.8 Å². The highest BCUT2D eigenvalue weighted by Crippen LogP contribution is 2.24. The summed E-state index contributed by atoms with van der Waals surface area (Å²) in [4.78, 5) is 12.9. The van der Waals surface area contributed by atoms with Gasteiger partial charge < -0.3 is 9.84 Å². The van der Waals surface area contributed by atoms with Crippen molar-refractivity contribution in [2.45, 2.75) is 32.9 Å². The highest BCUT2D eigenvalue weighted by Gasteiger charge is 2.17. The van der Waals surface area contributed by atoms with E-state index in [9.17, 15) is 4.79 Å². The average Bonchev–Trinajstić information content (AvgIpc) is 2.35. The minimum atomic E-state index is -0.788. The Labute approximate surface area is 118 Å². The van der Waals surface area contributed by atoms with E-state index in [2.05, 4.69) is 4.90 Å². The summed E-state index contributed by atoms with van der Waals surface area (Å²) in [6.45, 7) is 5.31. The Kier molecular flexibility index (Phi) is 6.12. The third kappa shape index (κ3) is 4.73. The van der Waals surface area contributed by atoms with Gasteiger partial charge in [0, 0.05) is 23.2 Å². The van der Waals surface area contributed by atoms with Crippen LogP contribution in [0.15, 0.2) is 18.2 Å². The first-order chi connectivity index (χ1) is 8.97. The number of benzene rings is 1. The molecule has 1 atom stereocenters. The summed E-state index contributed by atoms with van der Waals surface area (Å²) in [5.74, 6) is -0.0191. The van der Waals surface area contributed by atoms with Crippen LogP contribution < -0.4 is 4.74 Å². The molecule has 0 fully saturated rings. The number of carbonyl (C=O) groups is 1. The van der Waals surface area contributed by atoms with Crippen molar-refractivity contribution in [1.29, 1.82) is 0 Å². The quantitative estimate of drug-likeness (QED) is 0.836. The largest absolute Gasteiger partial charge is 0.496 e. The van der Waals surface area contributed by atoms with E-state index in [1.807, 2.05) is 26.0 Å². The smallest absolute Gasteiger partial charge is 0.304 e. The zero-order chi connectivity index (χ0) is 14.4. The lowest BCUT2D eigenvalue weighted by Gasteiger charge is -2.27. The molecule has 1 aromatic rings. The molecular formula is C14H20ClNO3. The highest BCUT2D eigenvalue weighted by atomic mass is 35.5. The van der Waals surface area contributed by atoms with Gasteiger partial charge in [-0.15, -0.1) is 0 Å². The molecule has 1 rings (SSSR count). The number of rotatable bonds is 7. The van der Waals surface area contributed by atoms with E-state index in [0.717, 1.165) is 17.9 Å². The van der Waals surface area contributed by atoms with Gasteiger partial charge in [0.1, 0.15) is 5.75 Å². The maximum absolute atomic E-state index is 10.8. The van der Waals surface area contributed by atoms with Gasteiger partial charge in [0.05, 0.1) is 13.5 Å². The fourth-order valence-electron chi connectivity index (χ4n) is 2.05. The Bertz CT molecular complexity index is 437. The monoisotopic (exact) mass is 285 g/mol. The van der Waals surface area contributed by atoms with Gasteiger partial charge in [-0.1, -0.05) is 18.5 Å². The van der Waals surface area contributed by atoms with Crippen LogP contribution in [-0.4, -0.2) is 35.7 Å². The normalized spacial score (nSPS) is 12.5. The summed E-state index contributed by atoms with van der Waals surface area (Å²) in [5.41, 5.74) is 0.967. The first-order valence-corrected chi connectivity index (χ1v) is 6.64. The molecule has 0 saturated heterocycles. The van der Waals surface area contributed by atoms with Crippen molar-refractivity contribution < 1.29 is 14.6 Å². The molecule has 0 aliphatic rings. The first kappa shape index (κ1) is 15.8. The van der Waals surface area contributed by atoms with Crippen molar-refractivity contribution in [3.63, 3.8) is 0 Å². The van der Waals surface area contributed by atoms with Crippen molar-refractivity contribution >= 4 is 17.6 Å². The second-order valence-electron chi connectivity index (χ2n) is 4.47. The minimum Gasteiger partial charge on any atom is -0.496 e. The second-order valence-corrected chi connectivity index (χ2v) is 4.90. The van der Waals surface area contributed by atoms with Crippen molar-refractivity contribution in [2.75, 3.05) is 13.7 Å². The van der Waals surface area contributed by atoms with Crippen molar-refractivity contribution in [3.8, 4) is 5.75 Å². The van der Waals surface area contributed by atoms with Crippen LogP contribution in [0.2, 0.25) is 5.02 Å². The maximum Gasteiger partial charge on any atom is 0.304 e. The zero-order valence-corrected chi connectivity index (χ0v) is 12.3. The van der Waals surface area contributed by atoms with Gasteiger partial charge >= 0.3 is 5.97 Å². The molecule has 0 aromatic heterocycles. The number of hydrogen-bond donors (Lipinski definition) is 1. The molecule has 0 amide bonds. The van der Waals surface area contributed by atoms with Crippen LogP contribution in [0.5, 0.6) is 5.75 Å². The van der Waals surface area contributed by atoms with Gasteiger partial charge in [0.15, 0.2) is 0 Å². The van der Waals surface area contributed by atoms with Crippen molar-refractivity contribution in [3.05, 3.63) is 28.8 Å². The molecule has 106 valence electrons. The van der Waals surface area contributed by atoms with E-state index in [1.165, 1.54) is 0 Å². The molecule has 0 aliphatic heterocycles. The summed E-state index contributed by atoms with van der Waals surface area (Å²) in [7, 11) is 1.61. The molecule has 19 heavy (non-hydrogen) atoms. The number of methoxy groups -OCH3 is 1. The molecule has 0 spiro atoms. The first-order valence-electron chi connectivity index (χ1n) is 6.26. The summed E-state index contributed by atoms with van der Waals surface area (Å²) in [6.07, 6.45) is 0.122. The van der Waals surface area contributed by atoms with Crippen LogP contribution in [0.3, 0.4) is 0 Å². The molecule has 0 radical (unpaired) electrons. The number of nitrogens with zero attached hydrogens (tertiary/aromatic N) is 1. The van der Waals surface area contributed by atoms with Gasteiger partial charge in [-0.3, -0.25) is 9.69 Å². The SMILES string of the molecule is CCN(Cc1cc(Cl)ccc1OC)C(C)CC(=O)O.